The monoisotopic (exact) mass is 310 g/mol. The van der Waals surface area contributed by atoms with Crippen LogP contribution in [0.1, 0.15) is 13.3 Å². The largest absolute Gasteiger partial charge is 0.328 e. The number of carbonyl (C=O) groups excluding carboxylic acids is 1. The van der Waals surface area contributed by atoms with Crippen molar-refractivity contribution in [3.63, 3.8) is 0 Å². The van der Waals surface area contributed by atoms with Crippen LogP contribution in [0.25, 0.3) is 0 Å². The van der Waals surface area contributed by atoms with Crippen LogP contribution in [0.5, 0.6) is 0 Å². The zero-order valence-electron chi connectivity index (χ0n) is 11.3. The van der Waals surface area contributed by atoms with E-state index in [1.807, 2.05) is 6.92 Å². The summed E-state index contributed by atoms with van der Waals surface area (Å²) >= 11 is 1.45. The highest BCUT2D eigenvalue weighted by Crippen LogP contribution is 2.12. The van der Waals surface area contributed by atoms with Crippen molar-refractivity contribution >= 4 is 23.6 Å². The molecule has 0 atom stereocenters. The first-order valence-corrected chi connectivity index (χ1v) is 7.22. The lowest BCUT2D eigenvalue weighted by Crippen LogP contribution is -2.29. The zero-order valence-corrected chi connectivity index (χ0v) is 12.1. The smallest absolute Gasteiger partial charge is 0.300 e. The summed E-state index contributed by atoms with van der Waals surface area (Å²) < 4.78 is 1.25. The third-order valence-electron chi connectivity index (χ3n) is 2.47. The summed E-state index contributed by atoms with van der Waals surface area (Å²) in [5, 5.41) is 9.64. The normalized spacial score (nSPS) is 10.5. The lowest BCUT2D eigenvalue weighted by atomic mass is 10.4. The minimum atomic E-state index is -0.545. The third-order valence-corrected chi connectivity index (χ3v) is 3.20. The number of nitrogens with one attached hydrogen (secondary N) is 3. The van der Waals surface area contributed by atoms with Gasteiger partial charge in [-0.05, 0) is 5.75 Å². The van der Waals surface area contributed by atoms with Gasteiger partial charge in [-0.3, -0.25) is 19.9 Å². The van der Waals surface area contributed by atoms with E-state index in [-0.39, 0.29) is 24.8 Å². The van der Waals surface area contributed by atoms with Gasteiger partial charge in [0.2, 0.25) is 17.0 Å². The lowest BCUT2D eigenvalue weighted by molar-refractivity contribution is -0.116. The van der Waals surface area contributed by atoms with Gasteiger partial charge < -0.3 is 4.57 Å². The molecule has 2 aromatic heterocycles. The Morgan fingerprint density at radius 3 is 3.00 bits per heavy atom. The van der Waals surface area contributed by atoms with E-state index in [4.69, 9.17) is 0 Å². The average molecular weight is 310 g/mol. The lowest BCUT2D eigenvalue weighted by Gasteiger charge is -2.04. The molecule has 0 aliphatic rings. The molecule has 0 radical (unpaired) electrons. The van der Waals surface area contributed by atoms with Gasteiger partial charge in [0.1, 0.15) is 0 Å². The molecule has 1 amide bonds. The van der Waals surface area contributed by atoms with E-state index < -0.39 is 11.2 Å². The van der Waals surface area contributed by atoms with Crippen LogP contribution in [0.15, 0.2) is 27.0 Å². The molecule has 2 heterocycles. The molecule has 0 aromatic carbocycles. The Kier molecular flexibility index (Phi) is 4.93. The van der Waals surface area contributed by atoms with Crippen molar-refractivity contribution in [1.82, 2.24) is 24.7 Å². The number of carbonyl (C=O) groups is 1. The van der Waals surface area contributed by atoms with Crippen molar-refractivity contribution in [2.24, 2.45) is 0 Å². The fourth-order valence-electron chi connectivity index (χ4n) is 1.53. The number of hydrogen-bond donors (Lipinski definition) is 3. The molecule has 21 heavy (non-hydrogen) atoms. The predicted octanol–water partition coefficient (Wildman–Crippen LogP) is -0.204. The standard InChI is InChI=1S/C11H14N6O3S/c1-2-21-10-14-9(15-16-10)12-7(18)3-5-17-6-4-8(19)13-11(17)20/h4,6H,2-3,5H2,1H3,(H,13,19,20)(H2,12,14,15,16,18). The fraction of sp³-hybridized carbons (Fsp3) is 0.364. The number of nitrogens with zero attached hydrogens (tertiary/aromatic N) is 3. The predicted molar refractivity (Wildman–Crippen MR) is 77.4 cm³/mol. The van der Waals surface area contributed by atoms with Gasteiger partial charge in [-0.2, -0.15) is 4.98 Å². The fourth-order valence-corrected chi connectivity index (χ4v) is 2.06. The molecule has 0 fully saturated rings. The van der Waals surface area contributed by atoms with Crippen LogP contribution in [-0.4, -0.2) is 36.4 Å². The Hall–Kier alpha value is -2.36. The highest BCUT2D eigenvalue weighted by Gasteiger charge is 2.08. The van der Waals surface area contributed by atoms with E-state index in [0.717, 1.165) is 5.75 Å². The molecular formula is C11H14N6O3S. The Morgan fingerprint density at radius 2 is 2.29 bits per heavy atom. The van der Waals surface area contributed by atoms with Gasteiger partial charge in [0, 0.05) is 25.2 Å². The Bertz CT molecular complexity index is 734. The first-order chi connectivity index (χ1) is 10.1. The molecule has 0 aliphatic heterocycles. The minimum absolute atomic E-state index is 0.0723. The molecule has 0 spiro atoms. The second-order valence-corrected chi connectivity index (χ2v) is 5.23. The van der Waals surface area contributed by atoms with E-state index in [1.165, 1.54) is 28.6 Å². The Labute approximate surface area is 123 Å². The summed E-state index contributed by atoms with van der Waals surface area (Å²) in [5.41, 5.74) is -1.01. The number of aryl methyl sites for hydroxylation is 1. The summed E-state index contributed by atoms with van der Waals surface area (Å²) in [6, 6.07) is 1.23. The van der Waals surface area contributed by atoms with Crippen molar-refractivity contribution in [3.8, 4) is 0 Å². The van der Waals surface area contributed by atoms with Gasteiger partial charge in [-0.1, -0.05) is 18.7 Å². The van der Waals surface area contributed by atoms with E-state index in [0.29, 0.717) is 5.16 Å². The number of rotatable bonds is 6. The first-order valence-electron chi connectivity index (χ1n) is 6.23. The number of hydrogen-bond acceptors (Lipinski definition) is 6. The van der Waals surface area contributed by atoms with Crippen molar-refractivity contribution in [2.75, 3.05) is 11.1 Å². The van der Waals surface area contributed by atoms with E-state index in [1.54, 1.807) is 0 Å². The highest BCUT2D eigenvalue weighted by molar-refractivity contribution is 7.99. The van der Waals surface area contributed by atoms with Crippen molar-refractivity contribution in [1.29, 1.82) is 0 Å². The van der Waals surface area contributed by atoms with Crippen LogP contribution < -0.4 is 16.6 Å². The van der Waals surface area contributed by atoms with Crippen LogP contribution in [-0.2, 0) is 11.3 Å². The second-order valence-electron chi connectivity index (χ2n) is 4.00. The van der Waals surface area contributed by atoms with Crippen LogP contribution in [0.2, 0.25) is 0 Å². The number of H-pyrrole nitrogens is 2. The molecule has 0 saturated heterocycles. The molecule has 2 rings (SSSR count). The molecular weight excluding hydrogens is 296 g/mol. The number of thioether (sulfide) groups is 1. The van der Waals surface area contributed by atoms with Crippen molar-refractivity contribution in [2.45, 2.75) is 25.0 Å². The molecule has 9 nitrogen and oxygen atoms in total. The van der Waals surface area contributed by atoms with Gasteiger partial charge >= 0.3 is 5.69 Å². The van der Waals surface area contributed by atoms with Gasteiger partial charge in [0.15, 0.2) is 0 Å². The maximum Gasteiger partial charge on any atom is 0.328 e. The summed E-state index contributed by atoms with van der Waals surface area (Å²) in [7, 11) is 0. The number of aromatic amines is 2. The van der Waals surface area contributed by atoms with Crippen LogP contribution in [0.4, 0.5) is 5.95 Å². The van der Waals surface area contributed by atoms with E-state index >= 15 is 0 Å². The van der Waals surface area contributed by atoms with Gasteiger partial charge in [0.25, 0.3) is 5.56 Å². The molecule has 10 heteroatoms. The minimum Gasteiger partial charge on any atom is -0.300 e. The third kappa shape index (κ3) is 4.31. The van der Waals surface area contributed by atoms with E-state index in [9.17, 15) is 14.4 Å². The van der Waals surface area contributed by atoms with Crippen LogP contribution in [0.3, 0.4) is 0 Å². The molecule has 0 aliphatic carbocycles. The summed E-state index contributed by atoms with van der Waals surface area (Å²) in [6.07, 6.45) is 1.42. The Balaban J connectivity index is 1.89. The van der Waals surface area contributed by atoms with E-state index in [2.05, 4.69) is 25.5 Å². The summed E-state index contributed by atoms with van der Waals surface area (Å²) in [6.45, 7) is 2.13. The molecule has 0 bridgehead atoms. The molecule has 0 unspecified atom stereocenters. The van der Waals surface area contributed by atoms with Crippen molar-refractivity contribution in [3.05, 3.63) is 33.1 Å². The highest BCUT2D eigenvalue weighted by atomic mass is 32.2. The SMILES string of the molecule is CCSc1n[nH]c(NC(=O)CCn2ccc(=O)[nH]c2=O)n1. The maximum atomic E-state index is 11.7. The van der Waals surface area contributed by atoms with Crippen molar-refractivity contribution < 1.29 is 4.79 Å². The van der Waals surface area contributed by atoms with Crippen LogP contribution in [0, 0.1) is 0 Å². The van der Waals surface area contributed by atoms with Crippen LogP contribution >= 0.6 is 11.8 Å². The molecule has 3 N–H and O–H groups in total. The number of amides is 1. The number of aromatic nitrogens is 5. The summed E-state index contributed by atoms with van der Waals surface area (Å²) in [4.78, 5) is 40.3. The molecule has 2 aromatic rings. The summed E-state index contributed by atoms with van der Waals surface area (Å²) in [5.74, 6) is 0.794. The second kappa shape index (κ2) is 6.88. The quantitative estimate of drug-likeness (QED) is 0.634. The Morgan fingerprint density at radius 1 is 1.48 bits per heavy atom. The topological polar surface area (TPSA) is 126 Å². The molecule has 0 saturated carbocycles. The maximum absolute atomic E-state index is 11.7. The molecule has 112 valence electrons. The number of anilines is 1. The first kappa shape index (κ1) is 15.0. The van der Waals surface area contributed by atoms with Gasteiger partial charge in [0.05, 0.1) is 0 Å². The van der Waals surface area contributed by atoms with Gasteiger partial charge in [-0.25, -0.2) is 9.89 Å². The van der Waals surface area contributed by atoms with Gasteiger partial charge in [-0.15, -0.1) is 5.10 Å². The average Bonchev–Trinajstić information content (AvgIpc) is 2.85. The zero-order chi connectivity index (χ0) is 15.2.